The van der Waals surface area contributed by atoms with E-state index in [1.807, 2.05) is 6.92 Å². The van der Waals surface area contributed by atoms with Crippen LogP contribution < -0.4 is 4.90 Å². The molecule has 4 heteroatoms. The molecule has 0 aromatic carbocycles. The van der Waals surface area contributed by atoms with Gasteiger partial charge >= 0.3 is 0 Å². The maximum Gasteiger partial charge on any atom is 0.132 e. The Morgan fingerprint density at radius 1 is 1.00 bits per heavy atom. The lowest BCUT2D eigenvalue weighted by Gasteiger charge is -2.45. The fraction of sp³-hybridized carbons (Fsp3) is 0.750. The van der Waals surface area contributed by atoms with Crippen molar-refractivity contribution in [3.05, 3.63) is 17.6 Å². The average Bonchev–Trinajstić information content (AvgIpc) is 2.85. The van der Waals surface area contributed by atoms with Crippen molar-refractivity contribution in [1.82, 2.24) is 14.9 Å². The monoisotopic (exact) mass is 272 g/mol. The van der Waals surface area contributed by atoms with Gasteiger partial charge in [0.15, 0.2) is 0 Å². The summed E-state index contributed by atoms with van der Waals surface area (Å²) in [5, 5.41) is 0. The number of rotatable bonds is 2. The van der Waals surface area contributed by atoms with E-state index >= 15 is 0 Å². The summed E-state index contributed by atoms with van der Waals surface area (Å²) in [7, 11) is 0. The lowest BCUT2D eigenvalue weighted by Crippen LogP contribution is -2.59. The maximum atomic E-state index is 4.57. The van der Waals surface area contributed by atoms with Crippen molar-refractivity contribution in [3.8, 4) is 0 Å². The molecule has 0 N–H and O–H groups in total. The van der Waals surface area contributed by atoms with Crippen LogP contribution in [0.3, 0.4) is 0 Å². The van der Waals surface area contributed by atoms with Gasteiger partial charge in [0, 0.05) is 44.0 Å². The molecule has 1 aromatic rings. The van der Waals surface area contributed by atoms with Gasteiger partial charge in [0.1, 0.15) is 11.6 Å². The second-order valence-corrected chi connectivity index (χ2v) is 6.88. The summed E-state index contributed by atoms with van der Waals surface area (Å²) in [5.74, 6) is 4.02. The zero-order valence-corrected chi connectivity index (χ0v) is 12.5. The summed E-state index contributed by atoms with van der Waals surface area (Å²) < 4.78 is 0. The average molecular weight is 272 g/mol. The van der Waals surface area contributed by atoms with Crippen LogP contribution in [0.2, 0.25) is 0 Å². The van der Waals surface area contributed by atoms with E-state index in [1.165, 1.54) is 32.4 Å². The third-order valence-electron chi connectivity index (χ3n) is 5.41. The Morgan fingerprint density at radius 2 is 1.70 bits per heavy atom. The number of anilines is 1. The van der Waals surface area contributed by atoms with Crippen molar-refractivity contribution in [1.29, 1.82) is 0 Å². The number of hydrogen-bond acceptors (Lipinski definition) is 4. The van der Waals surface area contributed by atoms with Gasteiger partial charge in [-0.2, -0.15) is 0 Å². The molecule has 108 valence electrons. The van der Waals surface area contributed by atoms with Crippen LogP contribution in [0, 0.1) is 25.7 Å². The van der Waals surface area contributed by atoms with Crippen LogP contribution in [0.1, 0.15) is 30.8 Å². The largest absolute Gasteiger partial charge is 0.353 e. The number of hydrogen-bond donors (Lipinski definition) is 0. The van der Waals surface area contributed by atoms with Crippen LogP contribution >= 0.6 is 0 Å². The van der Waals surface area contributed by atoms with E-state index in [0.29, 0.717) is 0 Å². The van der Waals surface area contributed by atoms with Gasteiger partial charge in [-0.3, -0.25) is 4.90 Å². The highest BCUT2D eigenvalue weighted by Crippen LogP contribution is 2.39. The fourth-order valence-corrected chi connectivity index (χ4v) is 4.30. The molecule has 2 saturated heterocycles. The van der Waals surface area contributed by atoms with Crippen molar-refractivity contribution in [2.45, 2.75) is 39.2 Å². The van der Waals surface area contributed by atoms with Crippen LogP contribution in [0.4, 0.5) is 5.82 Å². The molecule has 0 radical (unpaired) electrons. The molecule has 2 unspecified atom stereocenters. The number of likely N-dealkylation sites (tertiary alicyclic amines) is 1. The Morgan fingerprint density at radius 3 is 2.35 bits per heavy atom. The fourth-order valence-electron chi connectivity index (χ4n) is 4.30. The van der Waals surface area contributed by atoms with E-state index in [0.717, 1.165) is 48.3 Å². The number of fused-ring (bicyclic) bond motifs is 1. The molecule has 2 atom stereocenters. The highest BCUT2D eigenvalue weighted by atomic mass is 15.3. The molecule has 0 spiro atoms. The van der Waals surface area contributed by atoms with Crippen molar-refractivity contribution in [2.75, 3.05) is 31.1 Å². The van der Waals surface area contributed by atoms with E-state index in [-0.39, 0.29) is 0 Å². The van der Waals surface area contributed by atoms with Gasteiger partial charge in [-0.25, -0.2) is 9.97 Å². The van der Waals surface area contributed by atoms with Gasteiger partial charge in [-0.1, -0.05) is 6.42 Å². The van der Waals surface area contributed by atoms with E-state index in [2.05, 4.69) is 32.8 Å². The number of aromatic nitrogens is 2. The van der Waals surface area contributed by atoms with Crippen LogP contribution in [0.25, 0.3) is 0 Å². The highest BCUT2D eigenvalue weighted by Gasteiger charge is 2.42. The van der Waals surface area contributed by atoms with Gasteiger partial charge in [-0.15, -0.1) is 0 Å². The van der Waals surface area contributed by atoms with Crippen LogP contribution in [0.5, 0.6) is 0 Å². The van der Waals surface area contributed by atoms with Crippen molar-refractivity contribution in [2.24, 2.45) is 11.8 Å². The first-order valence-corrected chi connectivity index (χ1v) is 8.00. The zero-order chi connectivity index (χ0) is 13.7. The minimum atomic E-state index is 0.760. The second kappa shape index (κ2) is 4.69. The minimum Gasteiger partial charge on any atom is -0.353 e. The van der Waals surface area contributed by atoms with Crippen LogP contribution in [-0.2, 0) is 0 Å². The van der Waals surface area contributed by atoms with Crippen LogP contribution in [0.15, 0.2) is 6.07 Å². The molecule has 1 aliphatic carbocycles. The smallest absolute Gasteiger partial charge is 0.132 e. The molecule has 3 fully saturated rings. The Labute approximate surface area is 121 Å². The number of aryl methyl sites for hydroxylation is 2. The maximum absolute atomic E-state index is 4.57. The summed E-state index contributed by atoms with van der Waals surface area (Å²) in [5.41, 5.74) is 1.08. The Kier molecular flexibility index (Phi) is 2.95. The topological polar surface area (TPSA) is 32.3 Å². The van der Waals surface area contributed by atoms with Crippen molar-refractivity contribution in [3.63, 3.8) is 0 Å². The normalized spacial score (nSPS) is 30.6. The first-order valence-electron chi connectivity index (χ1n) is 8.00. The van der Waals surface area contributed by atoms with Crippen LogP contribution in [-0.4, -0.2) is 47.1 Å². The molecular weight excluding hydrogens is 248 g/mol. The van der Waals surface area contributed by atoms with E-state index in [9.17, 15) is 0 Å². The summed E-state index contributed by atoms with van der Waals surface area (Å²) in [6, 6.07) is 2.87. The van der Waals surface area contributed by atoms with E-state index in [1.54, 1.807) is 0 Å². The molecule has 0 bridgehead atoms. The second-order valence-electron chi connectivity index (χ2n) is 6.88. The van der Waals surface area contributed by atoms with Gasteiger partial charge in [0.2, 0.25) is 0 Å². The first kappa shape index (κ1) is 12.6. The quantitative estimate of drug-likeness (QED) is 0.824. The highest BCUT2D eigenvalue weighted by molar-refractivity contribution is 5.43. The molecule has 1 aromatic heterocycles. The molecule has 3 aliphatic rings. The third kappa shape index (κ3) is 2.10. The van der Waals surface area contributed by atoms with E-state index < -0.39 is 0 Å². The van der Waals surface area contributed by atoms with Crippen molar-refractivity contribution >= 4 is 5.82 Å². The predicted molar refractivity (Wildman–Crippen MR) is 79.9 cm³/mol. The van der Waals surface area contributed by atoms with Gasteiger partial charge in [-0.05, 0) is 38.5 Å². The first-order chi connectivity index (χ1) is 9.69. The Bertz CT molecular complexity index is 477. The predicted octanol–water partition coefficient (Wildman–Crippen LogP) is 2.01. The lowest BCUT2D eigenvalue weighted by atomic mass is 10.0. The summed E-state index contributed by atoms with van der Waals surface area (Å²) in [6.45, 7) is 9.03. The molecule has 0 amide bonds. The molecule has 4 rings (SSSR count). The SMILES string of the molecule is Cc1cc(N2CC(N3CC4CCCC4C3)C2)nc(C)n1. The molecule has 2 aliphatic heterocycles. The van der Waals surface area contributed by atoms with Gasteiger partial charge in [0.25, 0.3) is 0 Å². The summed E-state index contributed by atoms with van der Waals surface area (Å²) in [4.78, 5) is 14.1. The molecular formula is C16H24N4. The minimum absolute atomic E-state index is 0.760. The molecule has 4 nitrogen and oxygen atoms in total. The molecule has 1 saturated carbocycles. The summed E-state index contributed by atoms with van der Waals surface area (Å²) >= 11 is 0. The molecule has 3 heterocycles. The van der Waals surface area contributed by atoms with Crippen molar-refractivity contribution < 1.29 is 0 Å². The Hall–Kier alpha value is -1.16. The molecule has 20 heavy (non-hydrogen) atoms. The van der Waals surface area contributed by atoms with E-state index in [4.69, 9.17) is 0 Å². The third-order valence-corrected chi connectivity index (χ3v) is 5.41. The lowest BCUT2D eigenvalue weighted by molar-refractivity contribution is 0.190. The summed E-state index contributed by atoms with van der Waals surface area (Å²) in [6.07, 6.45) is 4.42. The number of nitrogens with zero attached hydrogens (tertiary/aromatic N) is 4. The van der Waals surface area contributed by atoms with Gasteiger partial charge < -0.3 is 4.90 Å². The van der Waals surface area contributed by atoms with Gasteiger partial charge in [0.05, 0.1) is 0 Å². The zero-order valence-electron chi connectivity index (χ0n) is 12.5. The Balaban J connectivity index is 1.38. The standard InChI is InChI=1S/C16H24N4/c1-11-6-16(18-12(2)17-11)20-9-15(10-20)19-7-13-4-3-5-14(13)8-19/h6,13-15H,3-5,7-10H2,1-2H3.